The molecule has 21 heavy (non-hydrogen) atoms. The van der Waals surface area contributed by atoms with Gasteiger partial charge in [0.25, 0.3) is 0 Å². The van der Waals surface area contributed by atoms with Gasteiger partial charge in [0.15, 0.2) is 0 Å². The van der Waals surface area contributed by atoms with Crippen LogP contribution in [-0.4, -0.2) is 18.2 Å². The molecule has 0 radical (unpaired) electrons. The van der Waals surface area contributed by atoms with Crippen molar-refractivity contribution >= 4 is 17.3 Å². The predicted molar refractivity (Wildman–Crippen MR) is 88.1 cm³/mol. The molecule has 0 aliphatic carbocycles. The Morgan fingerprint density at radius 1 is 1.19 bits per heavy atom. The minimum atomic E-state index is -0.479. The summed E-state index contributed by atoms with van der Waals surface area (Å²) >= 11 is 6.39. The van der Waals surface area contributed by atoms with Crippen LogP contribution in [-0.2, 0) is 0 Å². The van der Waals surface area contributed by atoms with Gasteiger partial charge >= 0.3 is 0 Å². The molecule has 0 bridgehead atoms. The normalized spacial score (nSPS) is 19.8. The Balaban J connectivity index is 1.77. The molecule has 3 rings (SSSR count). The highest BCUT2D eigenvalue weighted by molar-refractivity contribution is 6.33. The number of aliphatic hydroxyl groups is 1. The highest BCUT2D eigenvalue weighted by atomic mass is 35.5. The summed E-state index contributed by atoms with van der Waals surface area (Å²) in [4.78, 5) is 2.34. The summed E-state index contributed by atoms with van der Waals surface area (Å²) in [7, 11) is 0. The van der Waals surface area contributed by atoms with Gasteiger partial charge in [-0.25, -0.2) is 0 Å². The quantitative estimate of drug-likeness (QED) is 0.909. The summed E-state index contributed by atoms with van der Waals surface area (Å²) in [6.45, 7) is 3.78. The number of anilines is 1. The maximum Gasteiger partial charge on any atom is 0.0762 e. The lowest BCUT2D eigenvalue weighted by Gasteiger charge is -2.21. The van der Waals surface area contributed by atoms with Crippen LogP contribution in [0.2, 0.25) is 5.02 Å². The first-order valence-corrected chi connectivity index (χ1v) is 7.80. The predicted octanol–water partition coefficient (Wildman–Crippen LogP) is 4.39. The van der Waals surface area contributed by atoms with Crippen molar-refractivity contribution in [3.05, 3.63) is 64.7 Å². The summed E-state index contributed by atoms with van der Waals surface area (Å²) in [5, 5.41) is 10.3. The highest BCUT2D eigenvalue weighted by Crippen LogP contribution is 2.35. The van der Waals surface area contributed by atoms with Crippen LogP contribution < -0.4 is 4.90 Å². The largest absolute Gasteiger partial charge is 0.389 e. The Labute approximate surface area is 131 Å². The van der Waals surface area contributed by atoms with E-state index in [0.29, 0.717) is 5.92 Å². The van der Waals surface area contributed by atoms with Crippen LogP contribution in [0.15, 0.2) is 48.5 Å². The van der Waals surface area contributed by atoms with Crippen molar-refractivity contribution in [2.75, 3.05) is 18.0 Å². The molecule has 3 heteroatoms. The lowest BCUT2D eigenvalue weighted by molar-refractivity contribution is 0.199. The smallest absolute Gasteiger partial charge is 0.0762 e. The highest BCUT2D eigenvalue weighted by Gasteiger charge is 2.25. The third-order valence-electron chi connectivity index (χ3n) is 4.25. The van der Waals surface area contributed by atoms with Crippen molar-refractivity contribution in [1.29, 1.82) is 0 Å². The van der Waals surface area contributed by atoms with E-state index in [1.165, 1.54) is 5.56 Å². The van der Waals surface area contributed by atoms with Crippen molar-refractivity contribution in [3.8, 4) is 0 Å². The fourth-order valence-electron chi connectivity index (χ4n) is 3.02. The molecule has 2 aromatic carbocycles. The van der Waals surface area contributed by atoms with E-state index in [0.717, 1.165) is 35.8 Å². The Bertz CT molecular complexity index is 612. The second-order valence-electron chi connectivity index (χ2n) is 5.73. The maximum absolute atomic E-state index is 9.62. The second kappa shape index (κ2) is 6.08. The SMILES string of the molecule is C[C@@H](O)c1ccc(N2CCC(c3ccccc3)C2)c(Cl)c1. The molecule has 1 saturated heterocycles. The molecule has 0 spiro atoms. The molecular formula is C18H20ClNO. The van der Waals surface area contributed by atoms with Gasteiger partial charge in [-0.3, -0.25) is 0 Å². The molecular weight excluding hydrogens is 282 g/mol. The van der Waals surface area contributed by atoms with Crippen molar-refractivity contribution in [1.82, 2.24) is 0 Å². The molecule has 1 aliphatic rings. The first-order chi connectivity index (χ1) is 10.1. The Kier molecular flexibility index (Phi) is 4.18. The van der Waals surface area contributed by atoms with E-state index in [4.69, 9.17) is 11.6 Å². The summed E-state index contributed by atoms with van der Waals surface area (Å²) in [5.74, 6) is 0.568. The Morgan fingerprint density at radius 3 is 2.62 bits per heavy atom. The third-order valence-corrected chi connectivity index (χ3v) is 4.56. The van der Waals surface area contributed by atoms with Gasteiger partial charge in [-0.15, -0.1) is 0 Å². The Hall–Kier alpha value is -1.51. The molecule has 1 unspecified atom stereocenters. The zero-order valence-corrected chi connectivity index (χ0v) is 12.9. The van der Waals surface area contributed by atoms with Crippen LogP contribution in [0.1, 0.15) is 36.5 Å². The second-order valence-corrected chi connectivity index (χ2v) is 6.14. The summed E-state index contributed by atoms with van der Waals surface area (Å²) < 4.78 is 0. The lowest BCUT2D eigenvalue weighted by atomic mass is 9.99. The van der Waals surface area contributed by atoms with E-state index in [2.05, 4.69) is 35.2 Å². The number of halogens is 1. The fourth-order valence-corrected chi connectivity index (χ4v) is 3.32. The van der Waals surface area contributed by atoms with Crippen LogP contribution in [0.3, 0.4) is 0 Å². The van der Waals surface area contributed by atoms with Gasteiger partial charge in [0.1, 0.15) is 0 Å². The van der Waals surface area contributed by atoms with Crippen LogP contribution in [0, 0.1) is 0 Å². The maximum atomic E-state index is 9.62. The molecule has 1 heterocycles. The summed E-state index contributed by atoms with van der Waals surface area (Å²) in [6.07, 6.45) is 0.672. The van der Waals surface area contributed by atoms with Gasteiger partial charge in [-0.1, -0.05) is 48.0 Å². The first-order valence-electron chi connectivity index (χ1n) is 7.42. The fraction of sp³-hybridized carbons (Fsp3) is 0.333. The van der Waals surface area contributed by atoms with Gasteiger partial charge < -0.3 is 10.0 Å². The van der Waals surface area contributed by atoms with Gasteiger partial charge in [0, 0.05) is 19.0 Å². The van der Waals surface area contributed by atoms with Gasteiger partial charge in [0.2, 0.25) is 0 Å². The van der Waals surface area contributed by atoms with Gasteiger partial charge in [-0.05, 0) is 36.6 Å². The minimum Gasteiger partial charge on any atom is -0.389 e. The zero-order valence-electron chi connectivity index (χ0n) is 12.2. The molecule has 2 nitrogen and oxygen atoms in total. The summed E-state index contributed by atoms with van der Waals surface area (Å²) in [5.41, 5.74) is 3.33. The van der Waals surface area contributed by atoms with E-state index < -0.39 is 6.10 Å². The molecule has 1 fully saturated rings. The van der Waals surface area contributed by atoms with Crippen molar-refractivity contribution < 1.29 is 5.11 Å². The van der Waals surface area contributed by atoms with E-state index in [9.17, 15) is 5.11 Å². The molecule has 0 aromatic heterocycles. The number of hydrogen-bond acceptors (Lipinski definition) is 2. The van der Waals surface area contributed by atoms with Crippen LogP contribution >= 0.6 is 11.6 Å². The van der Waals surface area contributed by atoms with Crippen molar-refractivity contribution in [2.45, 2.75) is 25.4 Å². The van der Waals surface area contributed by atoms with E-state index in [1.54, 1.807) is 6.92 Å². The average Bonchev–Trinajstić information content (AvgIpc) is 2.97. The zero-order chi connectivity index (χ0) is 14.8. The Morgan fingerprint density at radius 2 is 1.95 bits per heavy atom. The minimum absolute atomic E-state index is 0.479. The van der Waals surface area contributed by atoms with E-state index in [1.807, 2.05) is 18.2 Å². The average molecular weight is 302 g/mol. The van der Waals surface area contributed by atoms with Crippen molar-refractivity contribution in [2.24, 2.45) is 0 Å². The van der Waals surface area contributed by atoms with Crippen molar-refractivity contribution in [3.63, 3.8) is 0 Å². The molecule has 0 saturated carbocycles. The van der Waals surface area contributed by atoms with E-state index in [-0.39, 0.29) is 0 Å². The molecule has 0 amide bonds. The van der Waals surface area contributed by atoms with Crippen LogP contribution in [0.5, 0.6) is 0 Å². The van der Waals surface area contributed by atoms with E-state index >= 15 is 0 Å². The topological polar surface area (TPSA) is 23.5 Å². The molecule has 1 aliphatic heterocycles. The van der Waals surface area contributed by atoms with Gasteiger partial charge in [0.05, 0.1) is 16.8 Å². The van der Waals surface area contributed by atoms with Crippen LogP contribution in [0.4, 0.5) is 5.69 Å². The first kappa shape index (κ1) is 14.4. The summed E-state index contributed by atoms with van der Waals surface area (Å²) in [6, 6.07) is 16.5. The number of rotatable bonds is 3. The number of aliphatic hydroxyl groups excluding tert-OH is 1. The lowest BCUT2D eigenvalue weighted by Crippen LogP contribution is -2.19. The number of hydrogen-bond donors (Lipinski definition) is 1. The number of nitrogens with zero attached hydrogens (tertiary/aromatic N) is 1. The molecule has 1 N–H and O–H groups in total. The monoisotopic (exact) mass is 301 g/mol. The molecule has 2 aromatic rings. The molecule has 110 valence electrons. The van der Waals surface area contributed by atoms with Crippen LogP contribution in [0.25, 0.3) is 0 Å². The third kappa shape index (κ3) is 3.07. The molecule has 2 atom stereocenters. The standard InChI is InChI=1S/C18H20ClNO/c1-13(21)15-7-8-18(17(19)11-15)20-10-9-16(12-20)14-5-3-2-4-6-14/h2-8,11,13,16,21H,9-10,12H2,1H3/t13-,16?/m1/s1. The van der Waals surface area contributed by atoms with Gasteiger partial charge in [-0.2, -0.15) is 0 Å². The number of benzene rings is 2.